The maximum Gasteiger partial charge on any atom is 0.134 e. The van der Waals surface area contributed by atoms with Crippen LogP contribution in [-0.4, -0.2) is 54.6 Å². The maximum absolute atomic E-state index is 4.42. The summed E-state index contributed by atoms with van der Waals surface area (Å²) in [5.74, 6) is 1.97. The molecule has 0 radical (unpaired) electrons. The van der Waals surface area contributed by atoms with Crippen molar-refractivity contribution in [3.05, 3.63) is 12.4 Å². The van der Waals surface area contributed by atoms with Crippen LogP contribution in [0.2, 0.25) is 0 Å². The summed E-state index contributed by atoms with van der Waals surface area (Å²) in [4.78, 5) is 13.4. The van der Waals surface area contributed by atoms with Crippen LogP contribution in [0.4, 0.5) is 11.6 Å². The van der Waals surface area contributed by atoms with Crippen LogP contribution in [0, 0.1) is 0 Å². The number of hydrogen-bond donors (Lipinski definition) is 1. The fraction of sp³-hybridized carbons (Fsp3) is 0.714. The number of rotatable bonds is 5. The number of nitrogens with one attached hydrogen (secondary N) is 1. The zero-order chi connectivity index (χ0) is 13.7. The molecule has 0 saturated carbocycles. The molecule has 1 unspecified atom stereocenters. The molecule has 1 N–H and O–H groups in total. The Labute approximate surface area is 116 Å². The lowest BCUT2D eigenvalue weighted by molar-refractivity contribution is 0.257. The summed E-state index contributed by atoms with van der Waals surface area (Å²) in [6, 6.07) is 2.68. The van der Waals surface area contributed by atoms with Gasteiger partial charge in [-0.25, -0.2) is 9.97 Å². The van der Waals surface area contributed by atoms with Crippen molar-refractivity contribution in [2.24, 2.45) is 0 Å². The van der Waals surface area contributed by atoms with E-state index in [0.29, 0.717) is 6.04 Å². The van der Waals surface area contributed by atoms with Crippen molar-refractivity contribution in [2.45, 2.75) is 32.2 Å². The zero-order valence-corrected chi connectivity index (χ0v) is 12.3. The zero-order valence-electron chi connectivity index (χ0n) is 12.3. The van der Waals surface area contributed by atoms with E-state index >= 15 is 0 Å². The topological polar surface area (TPSA) is 44.3 Å². The number of aromatic nitrogens is 2. The Morgan fingerprint density at radius 3 is 3.00 bits per heavy atom. The lowest BCUT2D eigenvalue weighted by atomic mass is 10.1. The van der Waals surface area contributed by atoms with Crippen molar-refractivity contribution < 1.29 is 0 Å². The van der Waals surface area contributed by atoms with Crippen molar-refractivity contribution in [3.8, 4) is 0 Å². The first-order valence-corrected chi connectivity index (χ1v) is 7.18. The largest absolute Gasteiger partial charge is 0.370 e. The Hall–Kier alpha value is -1.36. The molecule has 0 aromatic carbocycles. The smallest absolute Gasteiger partial charge is 0.134 e. The molecule has 1 aromatic rings. The highest BCUT2D eigenvalue weighted by atomic mass is 15.2. The van der Waals surface area contributed by atoms with Crippen LogP contribution < -0.4 is 10.2 Å². The van der Waals surface area contributed by atoms with Gasteiger partial charge in [0.05, 0.1) is 0 Å². The Kier molecular flexibility index (Phi) is 4.96. The van der Waals surface area contributed by atoms with Gasteiger partial charge in [-0.05, 0) is 33.4 Å². The second-order valence-electron chi connectivity index (χ2n) is 5.39. The molecule has 1 atom stereocenters. The third-order valence-electron chi connectivity index (χ3n) is 3.66. The predicted octanol–water partition coefficient (Wildman–Crippen LogP) is 1.83. The Balaban J connectivity index is 2.04. The molecule has 5 heteroatoms. The standard InChI is InChI=1S/C14H25N5/c1-4-7-15-13-9-14(17-11-16-13)19-8-5-6-12(10-19)18(2)3/h9,11-12H,4-8,10H2,1-3H3,(H,15,16,17). The summed E-state index contributed by atoms with van der Waals surface area (Å²) in [5, 5.41) is 3.32. The highest BCUT2D eigenvalue weighted by Crippen LogP contribution is 2.21. The molecule has 106 valence electrons. The molecular formula is C14H25N5. The number of likely N-dealkylation sites (N-methyl/N-ethyl adjacent to an activating group) is 1. The van der Waals surface area contributed by atoms with Crippen LogP contribution >= 0.6 is 0 Å². The van der Waals surface area contributed by atoms with Gasteiger partial charge in [-0.15, -0.1) is 0 Å². The molecule has 5 nitrogen and oxygen atoms in total. The SMILES string of the molecule is CCCNc1cc(N2CCCC(N(C)C)C2)ncn1. The van der Waals surface area contributed by atoms with Crippen LogP contribution in [-0.2, 0) is 0 Å². The summed E-state index contributed by atoms with van der Waals surface area (Å²) in [6.45, 7) is 5.25. The molecule has 19 heavy (non-hydrogen) atoms. The van der Waals surface area contributed by atoms with E-state index < -0.39 is 0 Å². The average Bonchev–Trinajstić information content (AvgIpc) is 2.45. The van der Waals surface area contributed by atoms with Crippen LogP contribution in [0.15, 0.2) is 12.4 Å². The van der Waals surface area contributed by atoms with E-state index in [-0.39, 0.29) is 0 Å². The van der Waals surface area contributed by atoms with E-state index in [1.54, 1.807) is 6.33 Å². The molecule has 0 amide bonds. The first-order valence-electron chi connectivity index (χ1n) is 7.18. The first kappa shape index (κ1) is 14.1. The summed E-state index contributed by atoms with van der Waals surface area (Å²) in [7, 11) is 4.31. The van der Waals surface area contributed by atoms with Gasteiger partial charge in [0.15, 0.2) is 0 Å². The fourth-order valence-electron chi connectivity index (χ4n) is 2.45. The predicted molar refractivity (Wildman–Crippen MR) is 79.7 cm³/mol. The van der Waals surface area contributed by atoms with Gasteiger partial charge in [0.2, 0.25) is 0 Å². The van der Waals surface area contributed by atoms with Crippen LogP contribution in [0.25, 0.3) is 0 Å². The molecule has 0 bridgehead atoms. The van der Waals surface area contributed by atoms with Gasteiger partial charge in [0.25, 0.3) is 0 Å². The molecule has 0 aliphatic carbocycles. The second kappa shape index (κ2) is 6.70. The number of anilines is 2. The van der Waals surface area contributed by atoms with Gasteiger partial charge < -0.3 is 15.1 Å². The molecule has 2 heterocycles. The van der Waals surface area contributed by atoms with Gasteiger partial charge in [-0.1, -0.05) is 6.92 Å². The molecule has 1 saturated heterocycles. The van der Waals surface area contributed by atoms with E-state index in [1.807, 2.05) is 0 Å². The van der Waals surface area contributed by atoms with Crippen molar-refractivity contribution in [3.63, 3.8) is 0 Å². The Morgan fingerprint density at radius 2 is 2.26 bits per heavy atom. The van der Waals surface area contributed by atoms with E-state index in [0.717, 1.165) is 37.7 Å². The lowest BCUT2D eigenvalue weighted by Gasteiger charge is -2.36. The molecule has 1 aliphatic rings. The van der Waals surface area contributed by atoms with Crippen LogP contribution in [0.5, 0.6) is 0 Å². The van der Waals surface area contributed by atoms with E-state index in [9.17, 15) is 0 Å². The first-order chi connectivity index (χ1) is 9.20. The van der Waals surface area contributed by atoms with Crippen molar-refractivity contribution >= 4 is 11.6 Å². The molecule has 1 aromatic heterocycles. The average molecular weight is 263 g/mol. The minimum absolute atomic E-state index is 0.621. The quantitative estimate of drug-likeness (QED) is 0.878. The van der Waals surface area contributed by atoms with Gasteiger partial charge in [-0.2, -0.15) is 0 Å². The second-order valence-corrected chi connectivity index (χ2v) is 5.39. The highest BCUT2D eigenvalue weighted by molar-refractivity contribution is 5.48. The molecule has 1 fully saturated rings. The van der Waals surface area contributed by atoms with Gasteiger partial charge in [0, 0.05) is 31.7 Å². The molecule has 0 spiro atoms. The molecule has 2 rings (SSSR count). The fourth-order valence-corrected chi connectivity index (χ4v) is 2.45. The monoisotopic (exact) mass is 263 g/mol. The van der Waals surface area contributed by atoms with Gasteiger partial charge in [0.1, 0.15) is 18.0 Å². The summed E-state index contributed by atoms with van der Waals surface area (Å²) < 4.78 is 0. The number of piperidine rings is 1. The van der Waals surface area contributed by atoms with Crippen molar-refractivity contribution in [2.75, 3.05) is 43.9 Å². The van der Waals surface area contributed by atoms with Crippen molar-refractivity contribution in [1.82, 2.24) is 14.9 Å². The normalized spacial score (nSPS) is 19.8. The summed E-state index contributed by atoms with van der Waals surface area (Å²) >= 11 is 0. The third kappa shape index (κ3) is 3.80. The minimum atomic E-state index is 0.621. The highest BCUT2D eigenvalue weighted by Gasteiger charge is 2.22. The molecule has 1 aliphatic heterocycles. The number of hydrogen-bond acceptors (Lipinski definition) is 5. The Bertz CT molecular complexity index is 393. The molecular weight excluding hydrogens is 238 g/mol. The van der Waals surface area contributed by atoms with E-state index in [2.05, 4.69) is 52.2 Å². The van der Waals surface area contributed by atoms with Crippen molar-refractivity contribution in [1.29, 1.82) is 0 Å². The van der Waals surface area contributed by atoms with Gasteiger partial charge >= 0.3 is 0 Å². The third-order valence-corrected chi connectivity index (χ3v) is 3.66. The van der Waals surface area contributed by atoms with Crippen LogP contribution in [0.3, 0.4) is 0 Å². The van der Waals surface area contributed by atoms with E-state index in [4.69, 9.17) is 0 Å². The summed E-state index contributed by atoms with van der Waals surface area (Å²) in [5.41, 5.74) is 0. The summed E-state index contributed by atoms with van der Waals surface area (Å²) in [6.07, 6.45) is 5.26. The maximum atomic E-state index is 4.42. The van der Waals surface area contributed by atoms with E-state index in [1.165, 1.54) is 12.8 Å². The Morgan fingerprint density at radius 1 is 1.42 bits per heavy atom. The lowest BCUT2D eigenvalue weighted by Crippen LogP contribution is -2.45. The number of nitrogens with zero attached hydrogens (tertiary/aromatic N) is 4. The van der Waals surface area contributed by atoms with Gasteiger partial charge in [-0.3, -0.25) is 0 Å². The minimum Gasteiger partial charge on any atom is -0.370 e. The van der Waals surface area contributed by atoms with Crippen LogP contribution in [0.1, 0.15) is 26.2 Å².